The average Bonchev–Trinajstić information content (AvgIpc) is 2.79. The molecule has 3 heterocycles. The minimum atomic E-state index is -0.00610. The van der Waals surface area contributed by atoms with Crippen LogP contribution >= 0.6 is 0 Å². The van der Waals surface area contributed by atoms with Crippen LogP contribution in [0.5, 0.6) is 5.75 Å². The average molecular weight is 396 g/mol. The van der Waals surface area contributed by atoms with Crippen molar-refractivity contribution in [3.63, 3.8) is 0 Å². The van der Waals surface area contributed by atoms with Gasteiger partial charge in [0.05, 0.1) is 7.11 Å². The molecule has 0 radical (unpaired) electrons. The van der Waals surface area contributed by atoms with Crippen molar-refractivity contribution in [2.24, 2.45) is 5.92 Å². The highest BCUT2D eigenvalue weighted by atomic mass is 16.5. The number of carbonyl (C=O) groups is 1. The number of hydrogen-bond donors (Lipinski definition) is 0. The SMILES string of the molecule is COc1ccc(N2CCN(C(=O)c3cc(N4CCC(C)CC4)ncn3)CC2)cc1. The molecule has 2 saturated heterocycles. The third-order valence-corrected chi connectivity index (χ3v) is 5.98. The molecular formula is C22H29N5O2. The lowest BCUT2D eigenvalue weighted by atomic mass is 9.99. The van der Waals surface area contributed by atoms with E-state index in [-0.39, 0.29) is 5.91 Å². The van der Waals surface area contributed by atoms with Crippen LogP contribution in [0.25, 0.3) is 0 Å². The van der Waals surface area contributed by atoms with Gasteiger partial charge in [0.15, 0.2) is 0 Å². The fourth-order valence-corrected chi connectivity index (χ4v) is 4.00. The summed E-state index contributed by atoms with van der Waals surface area (Å²) in [5.41, 5.74) is 1.65. The number of piperazine rings is 1. The minimum absolute atomic E-state index is 0.00610. The molecule has 0 aliphatic carbocycles. The first-order chi connectivity index (χ1) is 14.1. The van der Waals surface area contributed by atoms with Crippen molar-refractivity contribution in [1.29, 1.82) is 0 Å². The van der Waals surface area contributed by atoms with Crippen LogP contribution in [0.1, 0.15) is 30.3 Å². The molecule has 154 valence electrons. The van der Waals surface area contributed by atoms with Crippen LogP contribution in [0, 0.1) is 5.92 Å². The summed E-state index contributed by atoms with van der Waals surface area (Å²) in [5, 5.41) is 0. The fraction of sp³-hybridized carbons (Fsp3) is 0.500. The predicted octanol–water partition coefficient (Wildman–Crippen LogP) is 2.68. The zero-order valence-electron chi connectivity index (χ0n) is 17.3. The maximum atomic E-state index is 13.0. The highest BCUT2D eigenvalue weighted by Crippen LogP contribution is 2.23. The summed E-state index contributed by atoms with van der Waals surface area (Å²) >= 11 is 0. The summed E-state index contributed by atoms with van der Waals surface area (Å²) in [6.07, 6.45) is 3.86. The monoisotopic (exact) mass is 395 g/mol. The number of nitrogens with zero attached hydrogens (tertiary/aromatic N) is 5. The number of carbonyl (C=O) groups excluding carboxylic acids is 1. The molecule has 2 aliphatic heterocycles. The van der Waals surface area contributed by atoms with Gasteiger partial charge in [0.25, 0.3) is 5.91 Å². The molecule has 2 aliphatic rings. The van der Waals surface area contributed by atoms with Gasteiger partial charge in [-0.15, -0.1) is 0 Å². The van der Waals surface area contributed by atoms with Gasteiger partial charge in [0, 0.05) is 51.0 Å². The van der Waals surface area contributed by atoms with E-state index in [0.29, 0.717) is 18.8 Å². The molecule has 0 N–H and O–H groups in total. The van der Waals surface area contributed by atoms with Crippen LogP contribution in [0.2, 0.25) is 0 Å². The summed E-state index contributed by atoms with van der Waals surface area (Å²) in [6.45, 7) is 7.26. The Morgan fingerprint density at radius 3 is 2.31 bits per heavy atom. The standard InChI is InChI=1S/C22H29N5O2/c1-17-7-9-26(10-8-17)21-15-20(23-16-24-21)22(28)27-13-11-25(12-14-27)18-3-5-19(29-2)6-4-18/h3-6,15-17H,7-14H2,1-2H3. The number of methoxy groups -OCH3 is 1. The van der Waals surface area contributed by atoms with E-state index >= 15 is 0 Å². The summed E-state index contributed by atoms with van der Waals surface area (Å²) in [7, 11) is 1.67. The van der Waals surface area contributed by atoms with Gasteiger partial charge in [0.2, 0.25) is 0 Å². The van der Waals surface area contributed by atoms with Crippen molar-refractivity contribution < 1.29 is 9.53 Å². The maximum Gasteiger partial charge on any atom is 0.272 e. The Bertz CT molecular complexity index is 825. The molecule has 4 rings (SSSR count). The number of aromatic nitrogens is 2. The molecule has 0 unspecified atom stereocenters. The summed E-state index contributed by atoms with van der Waals surface area (Å²) in [6, 6.07) is 9.92. The topological polar surface area (TPSA) is 61.8 Å². The van der Waals surface area contributed by atoms with Gasteiger partial charge in [-0.2, -0.15) is 0 Å². The maximum absolute atomic E-state index is 13.0. The molecule has 0 saturated carbocycles. The third-order valence-electron chi connectivity index (χ3n) is 5.98. The van der Waals surface area contributed by atoms with Crippen molar-refractivity contribution in [2.45, 2.75) is 19.8 Å². The summed E-state index contributed by atoms with van der Waals surface area (Å²) < 4.78 is 5.23. The molecule has 29 heavy (non-hydrogen) atoms. The van der Waals surface area contributed by atoms with Crippen molar-refractivity contribution in [2.75, 3.05) is 56.2 Å². The number of benzene rings is 1. The Balaban J connectivity index is 1.37. The Morgan fingerprint density at radius 2 is 1.66 bits per heavy atom. The number of anilines is 2. The second-order valence-corrected chi connectivity index (χ2v) is 7.91. The van der Waals surface area contributed by atoms with E-state index in [1.807, 2.05) is 23.1 Å². The second kappa shape index (κ2) is 8.68. The molecule has 2 fully saturated rings. The molecule has 1 aromatic heterocycles. The predicted molar refractivity (Wildman–Crippen MR) is 114 cm³/mol. The van der Waals surface area contributed by atoms with Crippen LogP contribution < -0.4 is 14.5 Å². The quantitative estimate of drug-likeness (QED) is 0.793. The normalized spacial score (nSPS) is 18.1. The van der Waals surface area contributed by atoms with Crippen molar-refractivity contribution >= 4 is 17.4 Å². The zero-order valence-corrected chi connectivity index (χ0v) is 17.3. The number of rotatable bonds is 4. The van der Waals surface area contributed by atoms with Gasteiger partial charge in [-0.25, -0.2) is 9.97 Å². The molecule has 7 nitrogen and oxygen atoms in total. The Morgan fingerprint density at radius 1 is 0.966 bits per heavy atom. The molecule has 2 aromatic rings. The first-order valence-corrected chi connectivity index (χ1v) is 10.4. The van der Waals surface area contributed by atoms with Crippen LogP contribution in [-0.4, -0.2) is 67.2 Å². The lowest BCUT2D eigenvalue weighted by Gasteiger charge is -2.36. The van der Waals surface area contributed by atoms with E-state index in [4.69, 9.17) is 4.74 Å². The molecule has 7 heteroatoms. The van der Waals surface area contributed by atoms with Crippen molar-refractivity contribution in [3.05, 3.63) is 42.4 Å². The lowest BCUT2D eigenvalue weighted by Crippen LogP contribution is -2.49. The van der Waals surface area contributed by atoms with Gasteiger partial charge in [-0.05, 0) is 43.0 Å². The van der Waals surface area contributed by atoms with E-state index in [9.17, 15) is 4.79 Å². The lowest BCUT2D eigenvalue weighted by molar-refractivity contribution is 0.0740. The Labute approximate surface area is 172 Å². The van der Waals surface area contributed by atoms with Crippen LogP contribution in [-0.2, 0) is 0 Å². The van der Waals surface area contributed by atoms with Gasteiger partial charge in [-0.1, -0.05) is 6.92 Å². The van der Waals surface area contributed by atoms with Crippen LogP contribution in [0.3, 0.4) is 0 Å². The largest absolute Gasteiger partial charge is 0.497 e. The zero-order chi connectivity index (χ0) is 20.2. The van der Waals surface area contributed by atoms with Gasteiger partial charge >= 0.3 is 0 Å². The summed E-state index contributed by atoms with van der Waals surface area (Å²) in [5.74, 6) is 2.47. The van der Waals surface area contributed by atoms with E-state index in [0.717, 1.165) is 49.4 Å². The van der Waals surface area contributed by atoms with Gasteiger partial charge < -0.3 is 19.4 Å². The Hall–Kier alpha value is -2.83. The number of ether oxygens (including phenoxy) is 1. The first-order valence-electron chi connectivity index (χ1n) is 10.4. The fourth-order valence-electron chi connectivity index (χ4n) is 4.00. The number of piperidine rings is 1. The molecule has 1 amide bonds. The highest BCUT2D eigenvalue weighted by Gasteiger charge is 2.24. The molecule has 1 aromatic carbocycles. The van der Waals surface area contributed by atoms with Crippen molar-refractivity contribution in [3.8, 4) is 5.75 Å². The van der Waals surface area contributed by atoms with E-state index < -0.39 is 0 Å². The molecule has 0 bridgehead atoms. The summed E-state index contributed by atoms with van der Waals surface area (Å²) in [4.78, 5) is 28.1. The number of hydrogen-bond acceptors (Lipinski definition) is 6. The molecule has 0 atom stereocenters. The smallest absolute Gasteiger partial charge is 0.272 e. The van der Waals surface area contributed by atoms with Gasteiger partial charge in [0.1, 0.15) is 23.6 Å². The Kier molecular flexibility index (Phi) is 5.83. The number of amides is 1. The van der Waals surface area contributed by atoms with E-state index in [2.05, 4.69) is 38.8 Å². The minimum Gasteiger partial charge on any atom is -0.497 e. The van der Waals surface area contributed by atoms with Crippen LogP contribution in [0.4, 0.5) is 11.5 Å². The molecular weight excluding hydrogens is 366 g/mol. The van der Waals surface area contributed by atoms with E-state index in [1.165, 1.54) is 19.2 Å². The third kappa shape index (κ3) is 4.44. The first kappa shape index (κ1) is 19.5. The van der Waals surface area contributed by atoms with E-state index in [1.54, 1.807) is 7.11 Å². The molecule has 0 spiro atoms. The van der Waals surface area contributed by atoms with Crippen molar-refractivity contribution in [1.82, 2.24) is 14.9 Å². The van der Waals surface area contributed by atoms with Gasteiger partial charge in [-0.3, -0.25) is 4.79 Å². The van der Waals surface area contributed by atoms with Crippen LogP contribution in [0.15, 0.2) is 36.7 Å². The second-order valence-electron chi connectivity index (χ2n) is 7.91. The highest BCUT2D eigenvalue weighted by molar-refractivity contribution is 5.93.